The molecule has 0 aromatic heterocycles. The van der Waals surface area contributed by atoms with E-state index >= 15 is 0 Å². The van der Waals surface area contributed by atoms with E-state index in [9.17, 15) is 9.59 Å². The normalized spacial score (nSPS) is 11.9. The average molecular weight is 281 g/mol. The minimum atomic E-state index is -0.977. The fourth-order valence-corrected chi connectivity index (χ4v) is 2.74. The molecule has 5 heteroatoms. The number of hydrogen-bond donors (Lipinski definition) is 1. The number of carbonyl (C=O) groups excluding carboxylic acids is 1. The highest BCUT2D eigenvalue weighted by Gasteiger charge is 2.24. The summed E-state index contributed by atoms with van der Waals surface area (Å²) in [5, 5.41) is 8.57. The van der Waals surface area contributed by atoms with Crippen LogP contribution in [0.3, 0.4) is 0 Å². The van der Waals surface area contributed by atoms with E-state index in [2.05, 4.69) is 0 Å². The lowest BCUT2D eigenvalue weighted by molar-refractivity contribution is -0.144. The van der Waals surface area contributed by atoms with E-state index in [0.29, 0.717) is 13.0 Å². The maximum Gasteiger partial charge on any atom is 0.323 e. The summed E-state index contributed by atoms with van der Waals surface area (Å²) >= 11 is 1.48. The van der Waals surface area contributed by atoms with Gasteiger partial charge in [-0.1, -0.05) is 25.1 Å². The van der Waals surface area contributed by atoms with Crippen LogP contribution in [0.1, 0.15) is 20.3 Å². The molecule has 0 heterocycles. The van der Waals surface area contributed by atoms with Gasteiger partial charge in [-0.25, -0.2) is 0 Å². The Morgan fingerprint density at radius 3 is 2.37 bits per heavy atom. The zero-order valence-electron chi connectivity index (χ0n) is 11.2. The number of carbonyl (C=O) groups is 2. The Balaban J connectivity index is 2.72. The summed E-state index contributed by atoms with van der Waals surface area (Å²) in [4.78, 5) is 25.4. The maximum atomic E-state index is 12.3. The number of thioether (sulfide) groups is 1. The topological polar surface area (TPSA) is 57.6 Å². The minimum absolute atomic E-state index is 0.110. The summed E-state index contributed by atoms with van der Waals surface area (Å²) in [5.74, 6) is -1.09. The monoisotopic (exact) mass is 281 g/mol. The van der Waals surface area contributed by atoms with E-state index in [0.717, 1.165) is 4.90 Å². The van der Waals surface area contributed by atoms with Crippen LogP contribution in [0.5, 0.6) is 0 Å². The molecule has 0 bridgehead atoms. The van der Waals surface area contributed by atoms with Crippen LogP contribution in [-0.2, 0) is 9.59 Å². The first-order chi connectivity index (χ1) is 9.08. The van der Waals surface area contributed by atoms with Gasteiger partial charge in [0.15, 0.2) is 0 Å². The molecule has 1 aromatic carbocycles. The van der Waals surface area contributed by atoms with Crippen molar-refractivity contribution < 1.29 is 14.7 Å². The standard InChI is InChI=1S/C14H19NO3S/c1-3-12(19-11-8-6-5-7-9-11)14(18)15(4-2)10-13(16)17/h5-9,12H,3-4,10H2,1-2H3,(H,16,17). The first-order valence-corrected chi connectivity index (χ1v) is 7.18. The van der Waals surface area contributed by atoms with Gasteiger partial charge in [-0.2, -0.15) is 0 Å². The SMILES string of the molecule is CCC(Sc1ccccc1)C(=O)N(CC)CC(=O)O. The van der Waals surface area contributed by atoms with Crippen molar-refractivity contribution in [3.05, 3.63) is 30.3 Å². The highest BCUT2D eigenvalue weighted by molar-refractivity contribution is 8.00. The molecule has 104 valence electrons. The van der Waals surface area contributed by atoms with Gasteiger partial charge in [-0.05, 0) is 25.5 Å². The molecule has 1 rings (SSSR count). The van der Waals surface area contributed by atoms with Crippen LogP contribution in [-0.4, -0.2) is 40.2 Å². The third kappa shape index (κ3) is 4.95. The van der Waals surface area contributed by atoms with Crippen molar-refractivity contribution in [3.8, 4) is 0 Å². The quantitative estimate of drug-likeness (QED) is 0.780. The highest BCUT2D eigenvalue weighted by Crippen LogP contribution is 2.26. The zero-order chi connectivity index (χ0) is 14.3. The number of hydrogen-bond acceptors (Lipinski definition) is 3. The summed E-state index contributed by atoms with van der Waals surface area (Å²) in [6.07, 6.45) is 0.675. The van der Waals surface area contributed by atoms with E-state index in [4.69, 9.17) is 5.11 Å². The Hall–Kier alpha value is -1.49. The molecule has 1 unspecified atom stereocenters. The fraction of sp³-hybridized carbons (Fsp3) is 0.429. The largest absolute Gasteiger partial charge is 0.480 e. The second-order valence-corrected chi connectivity index (χ2v) is 5.35. The van der Waals surface area contributed by atoms with Crippen molar-refractivity contribution in [2.45, 2.75) is 30.4 Å². The maximum absolute atomic E-state index is 12.3. The number of amides is 1. The second-order valence-electron chi connectivity index (χ2n) is 4.07. The molecular formula is C14H19NO3S. The van der Waals surface area contributed by atoms with Gasteiger partial charge in [0.05, 0.1) is 5.25 Å². The molecule has 0 spiro atoms. The summed E-state index contributed by atoms with van der Waals surface area (Å²) in [5.41, 5.74) is 0. The number of nitrogens with zero attached hydrogens (tertiary/aromatic N) is 1. The van der Waals surface area contributed by atoms with Gasteiger partial charge in [-0.3, -0.25) is 9.59 Å². The van der Waals surface area contributed by atoms with Crippen molar-refractivity contribution in [2.24, 2.45) is 0 Å². The van der Waals surface area contributed by atoms with E-state index in [1.807, 2.05) is 37.3 Å². The van der Waals surface area contributed by atoms with Crippen molar-refractivity contribution >= 4 is 23.6 Å². The lowest BCUT2D eigenvalue weighted by Gasteiger charge is -2.23. The molecule has 1 N–H and O–H groups in total. The number of likely N-dealkylation sites (N-methyl/N-ethyl adjacent to an activating group) is 1. The van der Waals surface area contributed by atoms with Crippen LogP contribution in [0.15, 0.2) is 35.2 Å². The molecule has 0 aliphatic heterocycles. The van der Waals surface area contributed by atoms with Gasteiger partial charge in [0.1, 0.15) is 6.54 Å². The highest BCUT2D eigenvalue weighted by atomic mass is 32.2. The Morgan fingerprint density at radius 1 is 1.26 bits per heavy atom. The van der Waals surface area contributed by atoms with Crippen LogP contribution >= 0.6 is 11.8 Å². The Kier molecular flexibility index (Phi) is 6.42. The van der Waals surface area contributed by atoms with Crippen LogP contribution in [0.2, 0.25) is 0 Å². The molecule has 1 amide bonds. The summed E-state index contributed by atoms with van der Waals surface area (Å²) in [7, 11) is 0. The van der Waals surface area contributed by atoms with E-state index in [-0.39, 0.29) is 17.7 Å². The van der Waals surface area contributed by atoms with Crippen molar-refractivity contribution in [3.63, 3.8) is 0 Å². The third-order valence-corrected chi connectivity index (χ3v) is 4.05. The van der Waals surface area contributed by atoms with Crippen LogP contribution in [0, 0.1) is 0 Å². The molecule has 4 nitrogen and oxygen atoms in total. The van der Waals surface area contributed by atoms with Crippen molar-refractivity contribution in [1.82, 2.24) is 4.90 Å². The van der Waals surface area contributed by atoms with Gasteiger partial charge in [-0.15, -0.1) is 11.8 Å². The zero-order valence-corrected chi connectivity index (χ0v) is 12.0. The van der Waals surface area contributed by atoms with Gasteiger partial charge in [0, 0.05) is 11.4 Å². The molecule has 0 radical (unpaired) electrons. The van der Waals surface area contributed by atoms with E-state index < -0.39 is 5.97 Å². The van der Waals surface area contributed by atoms with Crippen molar-refractivity contribution in [1.29, 1.82) is 0 Å². The van der Waals surface area contributed by atoms with Gasteiger partial charge < -0.3 is 10.0 Å². The molecule has 19 heavy (non-hydrogen) atoms. The predicted molar refractivity (Wildman–Crippen MR) is 76.3 cm³/mol. The Bertz CT molecular complexity index is 422. The number of carboxylic acids is 1. The smallest absolute Gasteiger partial charge is 0.323 e. The lowest BCUT2D eigenvalue weighted by Crippen LogP contribution is -2.40. The van der Waals surface area contributed by atoms with Gasteiger partial charge in [0.2, 0.25) is 5.91 Å². The predicted octanol–water partition coefficient (Wildman–Crippen LogP) is 2.49. The summed E-state index contributed by atoms with van der Waals surface area (Å²) < 4.78 is 0. The molecule has 1 aromatic rings. The van der Waals surface area contributed by atoms with E-state index in [1.165, 1.54) is 16.7 Å². The third-order valence-electron chi connectivity index (χ3n) is 2.69. The average Bonchev–Trinajstić information content (AvgIpc) is 2.42. The Morgan fingerprint density at radius 2 is 1.89 bits per heavy atom. The molecule has 0 saturated carbocycles. The van der Waals surface area contributed by atoms with Gasteiger partial charge in [0.25, 0.3) is 0 Å². The fourth-order valence-electron chi connectivity index (χ4n) is 1.68. The molecule has 0 aliphatic rings. The lowest BCUT2D eigenvalue weighted by atomic mass is 10.3. The van der Waals surface area contributed by atoms with Gasteiger partial charge >= 0.3 is 5.97 Å². The summed E-state index contributed by atoms with van der Waals surface area (Å²) in [6, 6.07) is 9.68. The first kappa shape index (κ1) is 15.6. The van der Waals surface area contributed by atoms with Crippen LogP contribution in [0.25, 0.3) is 0 Å². The molecular weight excluding hydrogens is 262 g/mol. The number of benzene rings is 1. The number of carboxylic acid groups (broad SMARTS) is 1. The van der Waals surface area contributed by atoms with E-state index in [1.54, 1.807) is 6.92 Å². The molecule has 1 atom stereocenters. The first-order valence-electron chi connectivity index (χ1n) is 6.30. The summed E-state index contributed by atoms with van der Waals surface area (Å²) in [6.45, 7) is 3.91. The van der Waals surface area contributed by atoms with Crippen LogP contribution < -0.4 is 0 Å². The molecule has 0 saturated heterocycles. The van der Waals surface area contributed by atoms with Crippen molar-refractivity contribution in [2.75, 3.05) is 13.1 Å². The minimum Gasteiger partial charge on any atom is -0.480 e. The number of aliphatic carboxylic acids is 1. The number of rotatable bonds is 7. The second kappa shape index (κ2) is 7.84. The Labute approximate surface area is 117 Å². The molecule has 0 aliphatic carbocycles. The molecule has 0 fully saturated rings. The van der Waals surface area contributed by atoms with Crippen LogP contribution in [0.4, 0.5) is 0 Å².